The number of fused-ring (bicyclic) bond motifs is 1. The number of anilines is 1. The van der Waals surface area contributed by atoms with Crippen LogP contribution >= 0.6 is 0 Å². The van der Waals surface area contributed by atoms with E-state index in [0.717, 1.165) is 5.56 Å². The molecular weight excluding hydrogens is 372 g/mol. The minimum absolute atomic E-state index is 0.0595. The lowest BCUT2D eigenvalue weighted by atomic mass is 10.1. The Morgan fingerprint density at radius 2 is 1.86 bits per heavy atom. The molecule has 1 N–H and O–H groups in total. The summed E-state index contributed by atoms with van der Waals surface area (Å²) in [5.74, 6) is 0.0212. The number of hydrogen-bond donors (Lipinski definition) is 1. The molecule has 0 saturated heterocycles. The summed E-state index contributed by atoms with van der Waals surface area (Å²) in [6.45, 7) is 1.68. The summed E-state index contributed by atoms with van der Waals surface area (Å²) in [6.07, 6.45) is 1.38. The quantitative estimate of drug-likeness (QED) is 0.688. The molecular formula is C21H22N4O4. The van der Waals surface area contributed by atoms with Crippen molar-refractivity contribution in [3.05, 3.63) is 64.7 Å². The van der Waals surface area contributed by atoms with Gasteiger partial charge in [-0.05, 0) is 42.8 Å². The summed E-state index contributed by atoms with van der Waals surface area (Å²) in [6, 6.07) is 12.0. The van der Waals surface area contributed by atoms with Crippen LogP contribution in [0.4, 0.5) is 5.69 Å². The summed E-state index contributed by atoms with van der Waals surface area (Å²) < 4.78 is 6.67. The van der Waals surface area contributed by atoms with E-state index in [1.54, 1.807) is 50.5 Å². The van der Waals surface area contributed by atoms with Crippen LogP contribution in [0.2, 0.25) is 0 Å². The van der Waals surface area contributed by atoms with Gasteiger partial charge in [0.1, 0.15) is 12.3 Å². The standard InChI is InChI=1S/C21H22N4O4/c1-14-5-4-6-17-20(14)22-13-25(21(17)28)11-18(26)23-15-7-9-16(10-8-15)29-12-19(27)24(2)3/h4-10,13H,11-12H2,1-3H3,(H,23,26). The number of nitrogens with one attached hydrogen (secondary N) is 1. The van der Waals surface area contributed by atoms with Crippen molar-refractivity contribution in [2.75, 3.05) is 26.0 Å². The summed E-state index contributed by atoms with van der Waals surface area (Å²) in [5.41, 5.74) is 1.84. The predicted molar refractivity (Wildman–Crippen MR) is 110 cm³/mol. The monoisotopic (exact) mass is 394 g/mol. The molecule has 0 atom stereocenters. The number of likely N-dealkylation sites (N-methyl/N-ethyl adjacent to an activating group) is 1. The van der Waals surface area contributed by atoms with Gasteiger partial charge in [0.25, 0.3) is 11.5 Å². The molecule has 8 nitrogen and oxygen atoms in total. The lowest BCUT2D eigenvalue weighted by Crippen LogP contribution is -2.28. The fraction of sp³-hybridized carbons (Fsp3) is 0.238. The van der Waals surface area contributed by atoms with Crippen molar-refractivity contribution in [1.82, 2.24) is 14.5 Å². The van der Waals surface area contributed by atoms with Crippen LogP contribution < -0.4 is 15.6 Å². The second-order valence-electron chi connectivity index (χ2n) is 6.80. The Balaban J connectivity index is 1.64. The normalized spacial score (nSPS) is 10.6. The van der Waals surface area contributed by atoms with Gasteiger partial charge in [-0.1, -0.05) is 12.1 Å². The molecule has 0 radical (unpaired) electrons. The Kier molecular flexibility index (Phi) is 5.92. The molecule has 0 aliphatic rings. The third-order valence-corrected chi connectivity index (χ3v) is 4.37. The van der Waals surface area contributed by atoms with Crippen LogP contribution in [0.15, 0.2) is 53.6 Å². The van der Waals surface area contributed by atoms with Gasteiger partial charge in [-0.15, -0.1) is 0 Å². The second-order valence-corrected chi connectivity index (χ2v) is 6.80. The van der Waals surface area contributed by atoms with Gasteiger partial charge >= 0.3 is 0 Å². The number of nitrogens with zero attached hydrogens (tertiary/aromatic N) is 3. The highest BCUT2D eigenvalue weighted by atomic mass is 16.5. The van der Waals surface area contributed by atoms with Crippen LogP contribution in [-0.2, 0) is 16.1 Å². The molecule has 29 heavy (non-hydrogen) atoms. The zero-order valence-corrected chi connectivity index (χ0v) is 16.5. The number of ether oxygens (including phenoxy) is 1. The van der Waals surface area contributed by atoms with E-state index in [4.69, 9.17) is 4.74 Å². The van der Waals surface area contributed by atoms with E-state index < -0.39 is 0 Å². The zero-order valence-electron chi connectivity index (χ0n) is 16.5. The minimum Gasteiger partial charge on any atom is -0.484 e. The molecule has 0 spiro atoms. The Hall–Kier alpha value is -3.68. The van der Waals surface area contributed by atoms with E-state index in [2.05, 4.69) is 10.3 Å². The van der Waals surface area contributed by atoms with Gasteiger partial charge in [0, 0.05) is 19.8 Å². The van der Waals surface area contributed by atoms with Crippen molar-refractivity contribution in [3.8, 4) is 5.75 Å². The maximum atomic E-state index is 12.6. The molecule has 150 valence electrons. The summed E-state index contributed by atoms with van der Waals surface area (Å²) in [4.78, 5) is 42.2. The number of benzene rings is 2. The number of carbonyl (C=O) groups is 2. The van der Waals surface area contributed by atoms with Crippen LogP contribution in [0.3, 0.4) is 0 Å². The van der Waals surface area contributed by atoms with Gasteiger partial charge in [0.15, 0.2) is 6.61 Å². The smallest absolute Gasteiger partial charge is 0.261 e. The fourth-order valence-electron chi connectivity index (χ4n) is 2.71. The number of rotatable bonds is 6. The Morgan fingerprint density at radius 1 is 1.14 bits per heavy atom. The molecule has 1 aromatic heterocycles. The highest BCUT2D eigenvalue weighted by Crippen LogP contribution is 2.16. The first-order chi connectivity index (χ1) is 13.8. The largest absolute Gasteiger partial charge is 0.484 e. The van der Waals surface area contributed by atoms with Crippen LogP contribution in [0, 0.1) is 6.92 Å². The highest BCUT2D eigenvalue weighted by Gasteiger charge is 2.10. The van der Waals surface area contributed by atoms with E-state index >= 15 is 0 Å². The van der Waals surface area contributed by atoms with Crippen molar-refractivity contribution < 1.29 is 14.3 Å². The maximum Gasteiger partial charge on any atom is 0.261 e. The maximum absolute atomic E-state index is 12.6. The lowest BCUT2D eigenvalue weighted by molar-refractivity contribution is -0.130. The Labute approximate surface area is 167 Å². The first kappa shape index (κ1) is 20.1. The van der Waals surface area contributed by atoms with E-state index in [1.807, 2.05) is 13.0 Å². The summed E-state index contributed by atoms with van der Waals surface area (Å²) >= 11 is 0. The van der Waals surface area contributed by atoms with Gasteiger partial charge < -0.3 is 15.0 Å². The number of aromatic nitrogens is 2. The third kappa shape index (κ3) is 4.78. The minimum atomic E-state index is -0.350. The molecule has 3 aromatic rings. The van der Waals surface area contributed by atoms with Crippen molar-refractivity contribution in [3.63, 3.8) is 0 Å². The topological polar surface area (TPSA) is 93.5 Å². The molecule has 3 rings (SSSR count). The number of carbonyl (C=O) groups excluding carboxylic acids is 2. The van der Waals surface area contributed by atoms with Gasteiger partial charge in [-0.25, -0.2) is 4.98 Å². The van der Waals surface area contributed by atoms with Crippen LogP contribution in [0.1, 0.15) is 5.56 Å². The number of aryl methyl sites for hydroxylation is 1. The average molecular weight is 394 g/mol. The van der Waals surface area contributed by atoms with Gasteiger partial charge in [-0.3, -0.25) is 19.0 Å². The first-order valence-electron chi connectivity index (χ1n) is 9.03. The molecule has 0 unspecified atom stereocenters. The van der Waals surface area contributed by atoms with Crippen molar-refractivity contribution in [2.24, 2.45) is 0 Å². The Morgan fingerprint density at radius 3 is 2.55 bits per heavy atom. The average Bonchev–Trinajstić information content (AvgIpc) is 2.69. The van der Waals surface area contributed by atoms with Crippen LogP contribution in [-0.4, -0.2) is 47.0 Å². The Bertz CT molecular complexity index is 1100. The number of hydrogen-bond acceptors (Lipinski definition) is 5. The van der Waals surface area contributed by atoms with Crippen LogP contribution in [0.25, 0.3) is 10.9 Å². The first-order valence-corrected chi connectivity index (χ1v) is 9.03. The van der Waals surface area contributed by atoms with E-state index in [0.29, 0.717) is 22.3 Å². The molecule has 1 heterocycles. The van der Waals surface area contributed by atoms with Gasteiger partial charge in [-0.2, -0.15) is 0 Å². The van der Waals surface area contributed by atoms with Gasteiger partial charge in [0.2, 0.25) is 5.91 Å². The summed E-state index contributed by atoms with van der Waals surface area (Å²) in [7, 11) is 3.31. The van der Waals surface area contributed by atoms with E-state index in [9.17, 15) is 14.4 Å². The van der Waals surface area contributed by atoms with Crippen molar-refractivity contribution >= 4 is 28.4 Å². The molecule has 0 fully saturated rings. The highest BCUT2D eigenvalue weighted by molar-refractivity contribution is 5.91. The molecule has 2 amide bonds. The summed E-state index contributed by atoms with van der Waals surface area (Å²) in [5, 5.41) is 3.21. The number of para-hydroxylation sites is 1. The third-order valence-electron chi connectivity index (χ3n) is 4.37. The van der Waals surface area contributed by atoms with E-state index in [1.165, 1.54) is 15.8 Å². The zero-order chi connectivity index (χ0) is 21.0. The molecule has 0 aliphatic carbocycles. The van der Waals surface area contributed by atoms with Crippen LogP contribution in [0.5, 0.6) is 5.75 Å². The number of amides is 2. The lowest BCUT2D eigenvalue weighted by Gasteiger charge is -2.12. The van der Waals surface area contributed by atoms with E-state index in [-0.39, 0.29) is 30.5 Å². The molecule has 0 aliphatic heterocycles. The molecule has 0 saturated carbocycles. The van der Waals surface area contributed by atoms with Gasteiger partial charge in [0.05, 0.1) is 17.2 Å². The fourth-order valence-corrected chi connectivity index (χ4v) is 2.71. The second kappa shape index (κ2) is 8.55. The molecule has 0 bridgehead atoms. The SMILES string of the molecule is Cc1cccc2c(=O)n(CC(=O)Nc3ccc(OCC(=O)N(C)C)cc3)cnc12. The predicted octanol–water partition coefficient (Wildman–Crippen LogP) is 1.81. The molecule has 2 aromatic carbocycles. The molecule has 8 heteroatoms. The van der Waals surface area contributed by atoms with Crippen molar-refractivity contribution in [2.45, 2.75) is 13.5 Å². The van der Waals surface area contributed by atoms with Crippen molar-refractivity contribution in [1.29, 1.82) is 0 Å².